The molecule has 0 spiro atoms. The van der Waals surface area contributed by atoms with Crippen molar-refractivity contribution >= 4 is 23.6 Å². The summed E-state index contributed by atoms with van der Waals surface area (Å²) in [5, 5.41) is 2.72. The summed E-state index contributed by atoms with van der Waals surface area (Å²) < 4.78 is 5.40. The van der Waals surface area contributed by atoms with Crippen molar-refractivity contribution in [2.75, 3.05) is 5.32 Å². The van der Waals surface area contributed by atoms with E-state index in [1.54, 1.807) is 31.2 Å². The SMILES string of the molecule is CC1Oc2ccc(/C=C/C(N)=O)cc2NC1=O. The van der Waals surface area contributed by atoms with E-state index >= 15 is 0 Å². The zero-order valence-corrected chi connectivity index (χ0v) is 9.27. The summed E-state index contributed by atoms with van der Waals surface area (Å²) in [6.45, 7) is 1.68. The van der Waals surface area contributed by atoms with Gasteiger partial charge in [0.25, 0.3) is 5.91 Å². The highest BCUT2D eigenvalue weighted by Crippen LogP contribution is 2.30. The number of nitrogens with one attached hydrogen (secondary N) is 1. The second kappa shape index (κ2) is 4.29. The van der Waals surface area contributed by atoms with Crippen LogP contribution in [0.1, 0.15) is 12.5 Å². The lowest BCUT2D eigenvalue weighted by atomic mass is 10.1. The predicted octanol–water partition coefficient (Wildman–Crippen LogP) is 0.905. The van der Waals surface area contributed by atoms with E-state index in [0.29, 0.717) is 11.4 Å². The number of carbonyl (C=O) groups excluding carboxylic acids is 2. The fourth-order valence-electron chi connectivity index (χ4n) is 1.51. The molecule has 1 heterocycles. The first kappa shape index (κ1) is 11.2. The molecule has 5 heteroatoms. The highest BCUT2D eigenvalue weighted by Gasteiger charge is 2.23. The number of carbonyl (C=O) groups is 2. The summed E-state index contributed by atoms with van der Waals surface area (Å²) in [6.07, 6.45) is 2.34. The topological polar surface area (TPSA) is 81.4 Å². The van der Waals surface area contributed by atoms with Crippen LogP contribution in [0.15, 0.2) is 24.3 Å². The molecule has 1 aromatic carbocycles. The second-order valence-electron chi connectivity index (χ2n) is 3.74. The van der Waals surface area contributed by atoms with Gasteiger partial charge in [-0.05, 0) is 30.7 Å². The van der Waals surface area contributed by atoms with E-state index in [1.165, 1.54) is 6.08 Å². The zero-order valence-electron chi connectivity index (χ0n) is 9.27. The number of fused-ring (bicyclic) bond motifs is 1. The number of hydrogen-bond acceptors (Lipinski definition) is 3. The van der Waals surface area contributed by atoms with Crippen molar-refractivity contribution in [2.45, 2.75) is 13.0 Å². The third kappa shape index (κ3) is 2.44. The van der Waals surface area contributed by atoms with E-state index < -0.39 is 12.0 Å². The minimum Gasteiger partial charge on any atom is -0.479 e. The van der Waals surface area contributed by atoms with Gasteiger partial charge in [0, 0.05) is 6.08 Å². The molecule has 1 aliphatic rings. The van der Waals surface area contributed by atoms with Crippen LogP contribution in [0.5, 0.6) is 5.75 Å². The molecule has 0 aromatic heterocycles. The smallest absolute Gasteiger partial charge is 0.265 e. The summed E-state index contributed by atoms with van der Waals surface area (Å²) in [5.74, 6) is -0.0847. The Morgan fingerprint density at radius 3 is 3.00 bits per heavy atom. The number of primary amides is 1. The predicted molar refractivity (Wildman–Crippen MR) is 63.4 cm³/mol. The number of nitrogens with two attached hydrogens (primary N) is 1. The molecule has 1 atom stereocenters. The van der Waals surface area contributed by atoms with Gasteiger partial charge in [-0.2, -0.15) is 0 Å². The van der Waals surface area contributed by atoms with Crippen molar-refractivity contribution in [1.82, 2.24) is 0 Å². The van der Waals surface area contributed by atoms with Crippen molar-refractivity contribution in [1.29, 1.82) is 0 Å². The Labute approximate surface area is 98.3 Å². The maximum absolute atomic E-state index is 11.4. The highest BCUT2D eigenvalue weighted by atomic mass is 16.5. The van der Waals surface area contributed by atoms with Gasteiger partial charge in [-0.1, -0.05) is 6.07 Å². The van der Waals surface area contributed by atoms with Crippen molar-refractivity contribution in [3.63, 3.8) is 0 Å². The molecule has 0 aliphatic carbocycles. The Morgan fingerprint density at radius 2 is 2.29 bits per heavy atom. The van der Waals surface area contributed by atoms with Crippen LogP contribution in [0.2, 0.25) is 0 Å². The number of amides is 2. The van der Waals surface area contributed by atoms with E-state index in [0.717, 1.165) is 5.56 Å². The molecule has 3 N–H and O–H groups in total. The third-order valence-electron chi connectivity index (χ3n) is 2.37. The first-order chi connectivity index (χ1) is 8.06. The Hall–Kier alpha value is -2.30. The molecule has 0 saturated carbocycles. The third-order valence-corrected chi connectivity index (χ3v) is 2.37. The molecule has 17 heavy (non-hydrogen) atoms. The average molecular weight is 232 g/mol. The van der Waals surface area contributed by atoms with E-state index in [1.807, 2.05) is 0 Å². The normalized spacial score (nSPS) is 18.4. The summed E-state index contributed by atoms with van der Waals surface area (Å²) in [4.78, 5) is 22.0. The lowest BCUT2D eigenvalue weighted by Crippen LogP contribution is -2.34. The first-order valence-corrected chi connectivity index (χ1v) is 5.15. The Bertz CT molecular complexity index is 508. The largest absolute Gasteiger partial charge is 0.479 e. The standard InChI is InChI=1S/C12H12N2O3/c1-7-12(16)14-9-6-8(3-5-11(13)15)2-4-10(9)17-7/h2-7H,1H3,(H2,13,15)(H,14,16)/b5-3+. The van der Waals surface area contributed by atoms with Crippen LogP contribution in [0.25, 0.3) is 6.08 Å². The van der Waals surface area contributed by atoms with Gasteiger partial charge in [-0.3, -0.25) is 9.59 Å². The molecule has 1 unspecified atom stereocenters. The summed E-state index contributed by atoms with van der Waals surface area (Å²) >= 11 is 0. The Balaban J connectivity index is 2.28. The van der Waals surface area contributed by atoms with Crippen molar-refractivity contribution in [3.05, 3.63) is 29.8 Å². The van der Waals surface area contributed by atoms with Gasteiger partial charge in [-0.25, -0.2) is 0 Å². The van der Waals surface area contributed by atoms with Crippen LogP contribution >= 0.6 is 0 Å². The minimum atomic E-state index is -0.517. The minimum absolute atomic E-state index is 0.187. The maximum atomic E-state index is 11.4. The van der Waals surface area contributed by atoms with Crippen LogP contribution in [0, 0.1) is 0 Å². The molecular formula is C12H12N2O3. The monoisotopic (exact) mass is 232 g/mol. The van der Waals surface area contributed by atoms with Gasteiger partial charge in [0.1, 0.15) is 5.75 Å². The van der Waals surface area contributed by atoms with Crippen LogP contribution in [-0.4, -0.2) is 17.9 Å². The summed E-state index contributed by atoms with van der Waals surface area (Å²) in [6, 6.07) is 5.24. The molecule has 0 saturated heterocycles. The highest BCUT2D eigenvalue weighted by molar-refractivity contribution is 5.98. The van der Waals surface area contributed by atoms with Gasteiger partial charge in [0.2, 0.25) is 5.91 Å². The Morgan fingerprint density at radius 1 is 1.53 bits per heavy atom. The van der Waals surface area contributed by atoms with Crippen LogP contribution in [0.4, 0.5) is 5.69 Å². The number of hydrogen-bond donors (Lipinski definition) is 2. The zero-order chi connectivity index (χ0) is 12.4. The Kier molecular flexibility index (Phi) is 2.82. The summed E-state index contributed by atoms with van der Waals surface area (Å²) in [7, 11) is 0. The van der Waals surface area contributed by atoms with Crippen LogP contribution < -0.4 is 15.8 Å². The number of anilines is 1. The molecule has 2 amide bonds. The van der Waals surface area contributed by atoms with Crippen LogP contribution in [0.3, 0.4) is 0 Å². The molecule has 5 nitrogen and oxygen atoms in total. The number of rotatable bonds is 2. The van der Waals surface area contributed by atoms with Crippen LogP contribution in [-0.2, 0) is 9.59 Å². The lowest BCUT2D eigenvalue weighted by molar-refractivity contribution is -0.122. The van der Waals surface area contributed by atoms with E-state index in [4.69, 9.17) is 10.5 Å². The second-order valence-corrected chi connectivity index (χ2v) is 3.74. The van der Waals surface area contributed by atoms with Gasteiger partial charge in [-0.15, -0.1) is 0 Å². The number of benzene rings is 1. The van der Waals surface area contributed by atoms with Gasteiger partial charge < -0.3 is 15.8 Å². The fraction of sp³-hybridized carbons (Fsp3) is 0.167. The van der Waals surface area contributed by atoms with Gasteiger partial charge in [0.15, 0.2) is 6.10 Å². The van der Waals surface area contributed by atoms with Crippen molar-refractivity contribution in [2.24, 2.45) is 5.73 Å². The average Bonchev–Trinajstić information content (AvgIpc) is 2.28. The molecule has 2 rings (SSSR count). The van der Waals surface area contributed by atoms with Crippen molar-refractivity contribution < 1.29 is 14.3 Å². The van der Waals surface area contributed by atoms with Gasteiger partial charge >= 0.3 is 0 Å². The van der Waals surface area contributed by atoms with Gasteiger partial charge in [0.05, 0.1) is 5.69 Å². The number of ether oxygens (including phenoxy) is 1. The quantitative estimate of drug-likeness (QED) is 0.743. The molecule has 0 radical (unpaired) electrons. The molecular weight excluding hydrogens is 220 g/mol. The van der Waals surface area contributed by atoms with E-state index in [-0.39, 0.29) is 5.91 Å². The molecule has 88 valence electrons. The van der Waals surface area contributed by atoms with E-state index in [9.17, 15) is 9.59 Å². The summed E-state index contributed by atoms with van der Waals surface area (Å²) in [5.41, 5.74) is 6.36. The maximum Gasteiger partial charge on any atom is 0.265 e. The first-order valence-electron chi connectivity index (χ1n) is 5.15. The molecule has 1 aliphatic heterocycles. The molecule has 1 aromatic rings. The molecule has 0 fully saturated rings. The fourth-order valence-corrected chi connectivity index (χ4v) is 1.51. The molecule has 0 bridgehead atoms. The van der Waals surface area contributed by atoms with Crippen molar-refractivity contribution in [3.8, 4) is 5.75 Å². The van der Waals surface area contributed by atoms with E-state index in [2.05, 4.69) is 5.32 Å². The lowest BCUT2D eigenvalue weighted by Gasteiger charge is -2.23.